The van der Waals surface area contributed by atoms with Crippen LogP contribution >= 0.6 is 11.6 Å². The van der Waals surface area contributed by atoms with Crippen LogP contribution in [0.25, 0.3) is 10.9 Å². The van der Waals surface area contributed by atoms with Gasteiger partial charge in [-0.2, -0.15) is 0 Å². The zero-order chi connectivity index (χ0) is 20.3. The predicted octanol–water partition coefficient (Wildman–Crippen LogP) is 2.92. The molecule has 0 bridgehead atoms. The van der Waals surface area contributed by atoms with Crippen LogP contribution in [0.3, 0.4) is 0 Å². The summed E-state index contributed by atoms with van der Waals surface area (Å²) >= 11 is 5.98. The van der Waals surface area contributed by atoms with Crippen LogP contribution in [-0.2, 0) is 11.2 Å². The first-order chi connectivity index (χ1) is 13.4. The smallest absolute Gasteiger partial charge is 0.267 e. The molecule has 1 aromatic heterocycles. The van der Waals surface area contributed by atoms with Crippen molar-refractivity contribution in [3.8, 4) is 0 Å². The summed E-state index contributed by atoms with van der Waals surface area (Å²) in [7, 11) is 3.20. The Labute approximate surface area is 168 Å². The third-order valence-electron chi connectivity index (χ3n) is 4.53. The van der Waals surface area contributed by atoms with Gasteiger partial charge in [-0.05, 0) is 41.8 Å². The molecule has 3 N–H and O–H groups in total. The zero-order valence-corrected chi connectivity index (χ0v) is 16.5. The second-order valence-corrected chi connectivity index (χ2v) is 7.19. The predicted molar refractivity (Wildman–Crippen MR) is 109 cm³/mol. The van der Waals surface area contributed by atoms with Gasteiger partial charge in [0, 0.05) is 36.6 Å². The molecule has 28 heavy (non-hydrogen) atoms. The van der Waals surface area contributed by atoms with Gasteiger partial charge < -0.3 is 20.3 Å². The zero-order valence-electron chi connectivity index (χ0n) is 15.7. The van der Waals surface area contributed by atoms with Crippen molar-refractivity contribution in [1.82, 2.24) is 15.2 Å². The molecule has 2 aromatic carbocycles. The minimum atomic E-state index is -1.22. The van der Waals surface area contributed by atoms with Crippen molar-refractivity contribution in [3.63, 3.8) is 0 Å². The normalized spacial score (nSPS) is 12.0. The first kappa shape index (κ1) is 19.9. The average molecular weight is 400 g/mol. The largest absolute Gasteiger partial charge is 0.378 e. The molecule has 0 spiro atoms. The van der Waals surface area contributed by atoms with Crippen LogP contribution in [0.5, 0.6) is 0 Å². The highest BCUT2D eigenvalue weighted by Gasteiger charge is 2.21. The fourth-order valence-electron chi connectivity index (χ4n) is 3.04. The van der Waals surface area contributed by atoms with E-state index in [-0.39, 0.29) is 11.8 Å². The number of fused-ring (bicyclic) bond motifs is 1. The number of likely N-dealkylation sites (N-methyl/N-ethyl adjacent to an activating group) is 1. The standard InChI is InChI=1S/C21H22ClN3O3/c1-25(2)21(28)19(26)16-6-4-3-5-13(16)9-10-23-20(27)18-12-14-11-15(22)7-8-17(14)24-18/h3-8,11-12,19,24,26H,9-10H2,1-2H3,(H,23,27). The monoisotopic (exact) mass is 399 g/mol. The maximum absolute atomic E-state index is 12.4. The van der Waals surface area contributed by atoms with E-state index in [0.29, 0.717) is 29.2 Å². The van der Waals surface area contributed by atoms with Crippen LogP contribution in [0.4, 0.5) is 0 Å². The Balaban J connectivity index is 1.66. The van der Waals surface area contributed by atoms with E-state index in [1.807, 2.05) is 18.2 Å². The van der Waals surface area contributed by atoms with Gasteiger partial charge in [-0.25, -0.2) is 0 Å². The number of carbonyl (C=O) groups excluding carboxylic acids is 2. The van der Waals surface area contributed by atoms with Crippen LogP contribution < -0.4 is 5.32 Å². The summed E-state index contributed by atoms with van der Waals surface area (Å²) in [6, 6.07) is 14.3. The SMILES string of the molecule is CN(C)C(=O)C(O)c1ccccc1CCNC(=O)c1cc2cc(Cl)ccc2[nH]1. The van der Waals surface area contributed by atoms with E-state index >= 15 is 0 Å². The first-order valence-electron chi connectivity index (χ1n) is 8.90. The molecule has 0 aliphatic heterocycles. The quantitative estimate of drug-likeness (QED) is 0.595. The summed E-state index contributed by atoms with van der Waals surface area (Å²) in [6.07, 6.45) is -0.730. The van der Waals surface area contributed by atoms with Crippen molar-refractivity contribution in [2.45, 2.75) is 12.5 Å². The Morgan fingerprint density at radius 1 is 1.18 bits per heavy atom. The van der Waals surface area contributed by atoms with Crippen molar-refractivity contribution in [2.75, 3.05) is 20.6 Å². The van der Waals surface area contributed by atoms with Crippen molar-refractivity contribution >= 4 is 34.3 Å². The summed E-state index contributed by atoms with van der Waals surface area (Å²) in [5, 5.41) is 14.7. The number of carbonyl (C=O) groups is 2. The lowest BCUT2D eigenvalue weighted by molar-refractivity contribution is -0.137. The number of rotatable bonds is 6. The lowest BCUT2D eigenvalue weighted by Gasteiger charge is -2.19. The number of nitrogens with zero attached hydrogens (tertiary/aromatic N) is 1. The number of nitrogens with one attached hydrogen (secondary N) is 2. The Morgan fingerprint density at radius 2 is 1.93 bits per heavy atom. The highest BCUT2D eigenvalue weighted by atomic mass is 35.5. The molecule has 0 aliphatic carbocycles. The molecule has 3 rings (SSSR count). The number of halogens is 1. The van der Waals surface area contributed by atoms with Gasteiger partial charge in [0.2, 0.25) is 0 Å². The molecule has 0 fully saturated rings. The van der Waals surface area contributed by atoms with Crippen molar-refractivity contribution in [1.29, 1.82) is 0 Å². The first-order valence-corrected chi connectivity index (χ1v) is 9.28. The molecule has 0 aliphatic rings. The van der Waals surface area contributed by atoms with E-state index in [1.54, 1.807) is 44.4 Å². The van der Waals surface area contributed by atoms with E-state index in [2.05, 4.69) is 10.3 Å². The lowest BCUT2D eigenvalue weighted by Crippen LogP contribution is -2.29. The Kier molecular flexibility index (Phi) is 6.02. The number of benzene rings is 2. The maximum atomic E-state index is 12.4. The molecule has 1 heterocycles. The highest BCUT2D eigenvalue weighted by molar-refractivity contribution is 6.31. The summed E-state index contributed by atoms with van der Waals surface area (Å²) in [6.45, 7) is 0.370. The number of aliphatic hydroxyl groups excluding tert-OH is 1. The molecule has 3 aromatic rings. The molecule has 7 heteroatoms. The van der Waals surface area contributed by atoms with Gasteiger partial charge in [0.25, 0.3) is 11.8 Å². The third-order valence-corrected chi connectivity index (χ3v) is 4.77. The van der Waals surface area contributed by atoms with Gasteiger partial charge in [-0.15, -0.1) is 0 Å². The molecule has 0 radical (unpaired) electrons. The number of hydrogen-bond donors (Lipinski definition) is 3. The topological polar surface area (TPSA) is 85.4 Å². The summed E-state index contributed by atoms with van der Waals surface area (Å²) in [5.41, 5.74) is 2.66. The van der Waals surface area contributed by atoms with Gasteiger partial charge >= 0.3 is 0 Å². The number of H-pyrrole nitrogens is 1. The average Bonchev–Trinajstić information content (AvgIpc) is 3.10. The fraction of sp³-hybridized carbons (Fsp3) is 0.238. The minimum absolute atomic E-state index is 0.227. The maximum Gasteiger partial charge on any atom is 0.267 e. The molecule has 1 unspecified atom stereocenters. The highest BCUT2D eigenvalue weighted by Crippen LogP contribution is 2.21. The summed E-state index contributed by atoms with van der Waals surface area (Å²) in [4.78, 5) is 28.9. The minimum Gasteiger partial charge on any atom is -0.378 e. The van der Waals surface area contributed by atoms with E-state index in [4.69, 9.17) is 11.6 Å². The number of amides is 2. The summed E-state index contributed by atoms with van der Waals surface area (Å²) < 4.78 is 0. The van der Waals surface area contributed by atoms with Gasteiger partial charge in [-0.1, -0.05) is 35.9 Å². The van der Waals surface area contributed by atoms with Gasteiger partial charge in [0.05, 0.1) is 0 Å². The van der Waals surface area contributed by atoms with Crippen LogP contribution in [0.15, 0.2) is 48.5 Å². The second-order valence-electron chi connectivity index (χ2n) is 6.75. The van der Waals surface area contributed by atoms with Crippen molar-refractivity contribution < 1.29 is 14.7 Å². The Bertz CT molecular complexity index is 1010. The Morgan fingerprint density at radius 3 is 2.68 bits per heavy atom. The van der Waals surface area contributed by atoms with Crippen LogP contribution in [0.2, 0.25) is 5.02 Å². The second kappa shape index (κ2) is 8.46. The number of aromatic amines is 1. The van der Waals surface area contributed by atoms with E-state index in [1.165, 1.54) is 4.90 Å². The number of hydrogen-bond acceptors (Lipinski definition) is 3. The number of aliphatic hydroxyl groups is 1. The van der Waals surface area contributed by atoms with Gasteiger partial charge in [-0.3, -0.25) is 9.59 Å². The van der Waals surface area contributed by atoms with Gasteiger partial charge in [0.1, 0.15) is 5.69 Å². The third kappa shape index (κ3) is 4.35. The molecule has 0 saturated heterocycles. The van der Waals surface area contributed by atoms with Crippen molar-refractivity contribution in [3.05, 3.63) is 70.4 Å². The van der Waals surface area contributed by atoms with Crippen LogP contribution in [0, 0.1) is 0 Å². The molecule has 0 saturated carbocycles. The lowest BCUT2D eigenvalue weighted by atomic mass is 9.99. The summed E-state index contributed by atoms with van der Waals surface area (Å²) in [5.74, 6) is -0.608. The molecular formula is C21H22ClN3O3. The van der Waals surface area contributed by atoms with Crippen molar-refractivity contribution in [2.24, 2.45) is 0 Å². The van der Waals surface area contributed by atoms with E-state index in [9.17, 15) is 14.7 Å². The molecular weight excluding hydrogens is 378 g/mol. The molecule has 6 nitrogen and oxygen atoms in total. The molecule has 1 atom stereocenters. The van der Waals surface area contributed by atoms with Crippen LogP contribution in [0.1, 0.15) is 27.7 Å². The Hall–Kier alpha value is -2.83. The molecule has 146 valence electrons. The van der Waals surface area contributed by atoms with E-state index in [0.717, 1.165) is 16.5 Å². The molecule has 2 amide bonds. The fourth-order valence-corrected chi connectivity index (χ4v) is 3.22. The van der Waals surface area contributed by atoms with E-state index < -0.39 is 6.10 Å². The number of aromatic nitrogens is 1. The van der Waals surface area contributed by atoms with Gasteiger partial charge in [0.15, 0.2) is 6.10 Å². The van der Waals surface area contributed by atoms with Crippen LogP contribution in [-0.4, -0.2) is 47.4 Å².